The monoisotopic (exact) mass is 221 g/mol. The first kappa shape index (κ1) is 11.2. The Bertz CT molecular complexity index is 352. The van der Waals surface area contributed by atoms with Gasteiger partial charge in [0.05, 0.1) is 0 Å². The zero-order valence-electron chi connectivity index (χ0n) is 10.1. The van der Waals surface area contributed by atoms with Crippen molar-refractivity contribution < 1.29 is 4.79 Å². The Kier molecular flexibility index (Phi) is 2.99. The summed E-state index contributed by atoms with van der Waals surface area (Å²) in [6, 6.07) is 2.39. The minimum atomic E-state index is -0.196. The molecule has 0 N–H and O–H groups in total. The number of carbonyl (C=O) groups excluding carboxylic acids is 1. The topological polar surface area (TPSA) is 38.1 Å². The molecule has 4 heteroatoms. The Morgan fingerprint density at radius 3 is 2.56 bits per heavy atom. The van der Waals surface area contributed by atoms with Crippen molar-refractivity contribution in [2.75, 3.05) is 0 Å². The predicted molar refractivity (Wildman–Crippen MR) is 61.9 cm³/mol. The summed E-state index contributed by atoms with van der Waals surface area (Å²) in [7, 11) is 0. The molecule has 2 rings (SSSR count). The quantitative estimate of drug-likeness (QED) is 0.778. The molecule has 0 bridgehead atoms. The molecule has 0 aromatic carbocycles. The fourth-order valence-corrected chi connectivity index (χ4v) is 2.05. The molecular weight excluding hydrogens is 202 g/mol. The van der Waals surface area contributed by atoms with Gasteiger partial charge in [-0.1, -0.05) is 0 Å². The smallest absolute Gasteiger partial charge is 0.247 e. The van der Waals surface area contributed by atoms with Crippen molar-refractivity contribution in [1.82, 2.24) is 14.7 Å². The number of rotatable bonds is 4. The van der Waals surface area contributed by atoms with Crippen LogP contribution in [0.4, 0.5) is 0 Å². The maximum atomic E-state index is 12.3. The highest BCUT2D eigenvalue weighted by Crippen LogP contribution is 2.30. The first-order valence-corrected chi connectivity index (χ1v) is 5.92. The third-order valence-corrected chi connectivity index (χ3v) is 3.03. The predicted octanol–water partition coefficient (Wildman–Crippen LogP) is 1.84. The summed E-state index contributed by atoms with van der Waals surface area (Å²) in [5.74, 6) is 0.182. The zero-order valence-corrected chi connectivity index (χ0v) is 10.1. The molecule has 0 radical (unpaired) electrons. The second-order valence-electron chi connectivity index (χ2n) is 4.73. The van der Waals surface area contributed by atoms with E-state index in [9.17, 15) is 4.79 Å². The van der Waals surface area contributed by atoms with Gasteiger partial charge in [0.15, 0.2) is 0 Å². The van der Waals surface area contributed by atoms with Crippen molar-refractivity contribution in [2.45, 2.75) is 51.7 Å². The molecule has 0 saturated heterocycles. The van der Waals surface area contributed by atoms with Crippen molar-refractivity contribution in [2.24, 2.45) is 0 Å². The van der Waals surface area contributed by atoms with Crippen molar-refractivity contribution in [3.63, 3.8) is 0 Å². The van der Waals surface area contributed by atoms with Crippen LogP contribution in [-0.4, -0.2) is 32.7 Å². The van der Waals surface area contributed by atoms with Crippen LogP contribution in [0.15, 0.2) is 18.5 Å². The molecule has 1 heterocycles. The molecule has 1 aliphatic rings. The molecule has 16 heavy (non-hydrogen) atoms. The molecule has 1 aliphatic carbocycles. The normalized spacial score (nSPS) is 17.5. The largest absolute Gasteiger partial charge is 0.335 e. The van der Waals surface area contributed by atoms with Crippen molar-refractivity contribution >= 4 is 5.91 Å². The van der Waals surface area contributed by atoms with Crippen LogP contribution in [-0.2, 0) is 4.79 Å². The van der Waals surface area contributed by atoms with E-state index in [2.05, 4.69) is 18.9 Å². The van der Waals surface area contributed by atoms with Gasteiger partial charge in [-0.25, -0.2) is 0 Å². The van der Waals surface area contributed by atoms with Crippen LogP contribution in [0.5, 0.6) is 0 Å². The SMILES string of the molecule is CC(C)N(C(=O)C(C)n1cccn1)C1CC1. The zero-order chi connectivity index (χ0) is 11.7. The number of nitrogens with zero attached hydrogens (tertiary/aromatic N) is 3. The number of carbonyl (C=O) groups is 1. The van der Waals surface area contributed by atoms with Crippen LogP contribution in [0.25, 0.3) is 0 Å². The summed E-state index contributed by atoms with van der Waals surface area (Å²) in [6.45, 7) is 6.06. The molecule has 0 aliphatic heterocycles. The van der Waals surface area contributed by atoms with Crippen LogP contribution in [0.1, 0.15) is 39.7 Å². The van der Waals surface area contributed by atoms with Gasteiger partial charge in [-0.2, -0.15) is 5.10 Å². The summed E-state index contributed by atoms with van der Waals surface area (Å²) in [5.41, 5.74) is 0. The van der Waals surface area contributed by atoms with Gasteiger partial charge in [0.1, 0.15) is 6.04 Å². The molecule has 1 aromatic rings. The number of aromatic nitrogens is 2. The molecule has 1 saturated carbocycles. The highest BCUT2D eigenvalue weighted by Gasteiger charge is 2.36. The lowest BCUT2D eigenvalue weighted by Gasteiger charge is -2.29. The van der Waals surface area contributed by atoms with Crippen LogP contribution >= 0.6 is 0 Å². The van der Waals surface area contributed by atoms with E-state index in [4.69, 9.17) is 0 Å². The van der Waals surface area contributed by atoms with E-state index in [0.29, 0.717) is 6.04 Å². The third kappa shape index (κ3) is 2.10. The van der Waals surface area contributed by atoms with E-state index in [-0.39, 0.29) is 18.0 Å². The summed E-state index contributed by atoms with van der Waals surface area (Å²) in [4.78, 5) is 14.3. The van der Waals surface area contributed by atoms with Crippen molar-refractivity contribution in [3.05, 3.63) is 18.5 Å². The van der Waals surface area contributed by atoms with Gasteiger partial charge in [-0.15, -0.1) is 0 Å². The fourth-order valence-electron chi connectivity index (χ4n) is 2.05. The second-order valence-corrected chi connectivity index (χ2v) is 4.73. The highest BCUT2D eigenvalue weighted by molar-refractivity contribution is 5.80. The number of hydrogen-bond donors (Lipinski definition) is 0. The van der Waals surface area contributed by atoms with E-state index < -0.39 is 0 Å². The first-order chi connectivity index (χ1) is 7.61. The van der Waals surface area contributed by atoms with Crippen molar-refractivity contribution in [1.29, 1.82) is 0 Å². The molecule has 1 unspecified atom stereocenters. The molecule has 4 nitrogen and oxygen atoms in total. The Labute approximate surface area is 96.2 Å². The summed E-state index contributed by atoms with van der Waals surface area (Å²) in [5, 5.41) is 4.13. The Balaban J connectivity index is 2.10. The van der Waals surface area contributed by atoms with Gasteiger partial charge in [-0.3, -0.25) is 9.48 Å². The number of hydrogen-bond acceptors (Lipinski definition) is 2. The molecule has 88 valence electrons. The van der Waals surface area contributed by atoms with Crippen molar-refractivity contribution in [3.8, 4) is 0 Å². The molecule has 1 aromatic heterocycles. The van der Waals surface area contributed by atoms with E-state index in [1.54, 1.807) is 10.9 Å². The van der Waals surface area contributed by atoms with E-state index in [1.165, 1.54) is 0 Å². The van der Waals surface area contributed by atoms with E-state index >= 15 is 0 Å². The Hall–Kier alpha value is -1.32. The van der Waals surface area contributed by atoms with Crippen LogP contribution in [0.2, 0.25) is 0 Å². The molecule has 0 spiro atoms. The lowest BCUT2D eigenvalue weighted by atomic mass is 10.2. The van der Waals surface area contributed by atoms with Crippen LogP contribution in [0, 0.1) is 0 Å². The van der Waals surface area contributed by atoms with Gasteiger partial charge in [0.2, 0.25) is 5.91 Å². The highest BCUT2D eigenvalue weighted by atomic mass is 16.2. The average Bonchev–Trinajstić information content (AvgIpc) is 2.91. The average molecular weight is 221 g/mol. The molecule has 1 atom stereocenters. The minimum Gasteiger partial charge on any atom is -0.335 e. The van der Waals surface area contributed by atoms with E-state index in [1.807, 2.05) is 24.1 Å². The summed E-state index contributed by atoms with van der Waals surface area (Å²) >= 11 is 0. The fraction of sp³-hybridized carbons (Fsp3) is 0.667. The van der Waals surface area contributed by atoms with Gasteiger partial charge in [-0.05, 0) is 39.7 Å². The maximum Gasteiger partial charge on any atom is 0.247 e. The lowest BCUT2D eigenvalue weighted by molar-refractivity contribution is -0.136. The molecular formula is C12H19N3O. The Morgan fingerprint density at radius 1 is 1.44 bits per heavy atom. The minimum absolute atomic E-state index is 0.182. The number of amides is 1. The van der Waals surface area contributed by atoms with Crippen LogP contribution in [0.3, 0.4) is 0 Å². The Morgan fingerprint density at radius 2 is 2.12 bits per heavy atom. The van der Waals surface area contributed by atoms with E-state index in [0.717, 1.165) is 12.8 Å². The van der Waals surface area contributed by atoms with Gasteiger partial charge >= 0.3 is 0 Å². The summed E-state index contributed by atoms with van der Waals surface area (Å²) in [6.07, 6.45) is 5.85. The first-order valence-electron chi connectivity index (χ1n) is 5.92. The second kappa shape index (κ2) is 4.28. The molecule has 1 amide bonds. The summed E-state index contributed by atoms with van der Waals surface area (Å²) < 4.78 is 1.72. The third-order valence-electron chi connectivity index (χ3n) is 3.03. The van der Waals surface area contributed by atoms with Crippen LogP contribution < -0.4 is 0 Å². The van der Waals surface area contributed by atoms with Gasteiger partial charge in [0.25, 0.3) is 0 Å². The maximum absolute atomic E-state index is 12.3. The standard InChI is InChI=1S/C12H19N3O/c1-9(2)15(11-5-6-11)12(16)10(3)14-8-4-7-13-14/h4,7-11H,5-6H2,1-3H3. The van der Waals surface area contributed by atoms with Gasteiger partial charge < -0.3 is 4.90 Å². The lowest BCUT2D eigenvalue weighted by Crippen LogP contribution is -2.42. The molecule has 1 fully saturated rings. The van der Waals surface area contributed by atoms with Gasteiger partial charge in [0, 0.05) is 24.5 Å².